The fraction of sp³-hybridized carbons (Fsp3) is 0.692. The highest BCUT2D eigenvalue weighted by atomic mass is 35.5. The van der Waals surface area contributed by atoms with Crippen molar-refractivity contribution in [1.82, 2.24) is 10.3 Å². The summed E-state index contributed by atoms with van der Waals surface area (Å²) < 4.78 is 0. The van der Waals surface area contributed by atoms with Crippen LogP contribution >= 0.6 is 36.2 Å². The molecule has 1 aromatic rings. The Kier molecular flexibility index (Phi) is 9.67. The van der Waals surface area contributed by atoms with Crippen LogP contribution in [0.5, 0.6) is 0 Å². The predicted molar refractivity (Wildman–Crippen MR) is 90.2 cm³/mol. The molecule has 0 fully saturated rings. The second-order valence-electron chi connectivity index (χ2n) is 5.63. The van der Waals surface area contributed by atoms with E-state index in [-0.39, 0.29) is 36.1 Å². The number of nitrogens with zero attached hydrogens (tertiary/aromatic N) is 1. The van der Waals surface area contributed by atoms with Gasteiger partial charge in [-0.2, -0.15) is 0 Å². The lowest BCUT2D eigenvalue weighted by atomic mass is 9.87. The fourth-order valence-corrected chi connectivity index (χ4v) is 2.54. The van der Waals surface area contributed by atoms with Gasteiger partial charge in [0.05, 0.1) is 16.7 Å². The van der Waals surface area contributed by atoms with Gasteiger partial charge in [-0.3, -0.25) is 4.79 Å². The summed E-state index contributed by atoms with van der Waals surface area (Å²) in [5, 5.41) is 3.96. The summed E-state index contributed by atoms with van der Waals surface area (Å²) >= 11 is 1.69. The van der Waals surface area contributed by atoms with E-state index in [4.69, 9.17) is 5.73 Å². The van der Waals surface area contributed by atoms with E-state index in [9.17, 15) is 4.79 Å². The normalized spacial score (nSPS) is 12.1. The minimum Gasteiger partial charge on any atom is -0.354 e. The fourth-order valence-electron chi connectivity index (χ4n) is 1.61. The number of hydrogen-bond donors (Lipinski definition) is 2. The van der Waals surface area contributed by atoms with E-state index in [1.807, 2.05) is 34.6 Å². The van der Waals surface area contributed by atoms with Gasteiger partial charge in [0, 0.05) is 17.8 Å². The molecule has 0 saturated carbocycles. The Morgan fingerprint density at radius 3 is 2.30 bits per heavy atom. The van der Waals surface area contributed by atoms with Crippen molar-refractivity contribution in [3.8, 4) is 0 Å². The summed E-state index contributed by atoms with van der Waals surface area (Å²) in [7, 11) is 0. The van der Waals surface area contributed by atoms with Crippen molar-refractivity contribution in [2.45, 2.75) is 47.1 Å². The molecule has 7 heteroatoms. The maximum Gasteiger partial charge on any atom is 0.237 e. The van der Waals surface area contributed by atoms with Crippen LogP contribution in [0.25, 0.3) is 0 Å². The van der Waals surface area contributed by atoms with Crippen molar-refractivity contribution in [1.29, 1.82) is 0 Å². The predicted octanol–water partition coefficient (Wildman–Crippen LogP) is 2.64. The van der Waals surface area contributed by atoms with Gasteiger partial charge in [0.15, 0.2) is 0 Å². The van der Waals surface area contributed by atoms with Crippen molar-refractivity contribution < 1.29 is 4.79 Å². The van der Waals surface area contributed by atoms with Crippen molar-refractivity contribution in [2.75, 3.05) is 6.54 Å². The lowest BCUT2D eigenvalue weighted by Gasteiger charge is -2.25. The maximum absolute atomic E-state index is 11.8. The van der Waals surface area contributed by atoms with Gasteiger partial charge in [0.1, 0.15) is 0 Å². The second kappa shape index (κ2) is 8.82. The monoisotopic (exact) mass is 341 g/mol. The van der Waals surface area contributed by atoms with Gasteiger partial charge in [0.25, 0.3) is 0 Å². The third-order valence-electron chi connectivity index (χ3n) is 2.87. The van der Waals surface area contributed by atoms with E-state index in [0.717, 1.165) is 17.1 Å². The molecule has 0 radical (unpaired) electrons. The van der Waals surface area contributed by atoms with Crippen LogP contribution in [0, 0.1) is 19.3 Å². The molecule has 0 spiro atoms. The first-order valence-electron chi connectivity index (χ1n) is 6.18. The van der Waals surface area contributed by atoms with Crippen LogP contribution in [-0.4, -0.2) is 23.5 Å². The number of nitrogens with two attached hydrogens (primary N) is 1. The average Bonchev–Trinajstić information content (AvgIpc) is 2.55. The molecule has 1 atom stereocenters. The smallest absolute Gasteiger partial charge is 0.237 e. The molecule has 3 N–H and O–H groups in total. The molecule has 1 heterocycles. The number of halogens is 2. The Morgan fingerprint density at radius 1 is 1.35 bits per heavy atom. The van der Waals surface area contributed by atoms with Crippen LogP contribution in [0.4, 0.5) is 0 Å². The average molecular weight is 342 g/mol. The number of carbonyl (C=O) groups excluding carboxylic acids is 1. The van der Waals surface area contributed by atoms with Crippen LogP contribution in [-0.2, 0) is 11.2 Å². The Balaban J connectivity index is 0. The molecular weight excluding hydrogens is 317 g/mol. The number of hydrogen-bond acceptors (Lipinski definition) is 4. The second-order valence-corrected chi connectivity index (χ2v) is 6.91. The minimum absolute atomic E-state index is 0. The molecule has 1 aromatic heterocycles. The summed E-state index contributed by atoms with van der Waals surface area (Å²) in [5.74, 6) is -0.0820. The third kappa shape index (κ3) is 6.39. The molecule has 20 heavy (non-hydrogen) atoms. The van der Waals surface area contributed by atoms with Crippen LogP contribution < -0.4 is 11.1 Å². The van der Waals surface area contributed by atoms with Gasteiger partial charge in [-0.25, -0.2) is 4.98 Å². The van der Waals surface area contributed by atoms with Crippen LogP contribution in [0.15, 0.2) is 0 Å². The number of carbonyl (C=O) groups is 1. The molecule has 1 rings (SSSR count). The first kappa shape index (κ1) is 21.9. The van der Waals surface area contributed by atoms with E-state index in [2.05, 4.69) is 10.3 Å². The van der Waals surface area contributed by atoms with Gasteiger partial charge in [-0.15, -0.1) is 36.2 Å². The number of rotatable bonds is 4. The molecule has 118 valence electrons. The van der Waals surface area contributed by atoms with Crippen LogP contribution in [0.3, 0.4) is 0 Å². The van der Waals surface area contributed by atoms with Gasteiger partial charge in [-0.05, 0) is 19.3 Å². The molecule has 0 aliphatic carbocycles. The van der Waals surface area contributed by atoms with E-state index >= 15 is 0 Å². The number of aromatic nitrogens is 1. The largest absolute Gasteiger partial charge is 0.354 e. The van der Waals surface area contributed by atoms with Crippen LogP contribution in [0.1, 0.15) is 36.3 Å². The first-order valence-corrected chi connectivity index (χ1v) is 6.99. The minimum atomic E-state index is -0.471. The van der Waals surface area contributed by atoms with Crippen LogP contribution in [0.2, 0.25) is 0 Å². The van der Waals surface area contributed by atoms with Gasteiger partial charge >= 0.3 is 0 Å². The Bertz CT molecular complexity index is 430. The standard InChI is InChI=1S/C13H23N3OS.2ClH/c1-8-10(18-9(2)16-8)6-7-15-12(17)11(14)13(3,4)5;;/h11H,6-7,14H2,1-5H3,(H,15,17);2*1H/t11-;;/m1../s1. The Hall–Kier alpha value is -0.360. The summed E-state index contributed by atoms with van der Waals surface area (Å²) in [6.45, 7) is 10.5. The highest BCUT2D eigenvalue weighted by molar-refractivity contribution is 7.11. The molecule has 0 aromatic carbocycles. The van der Waals surface area contributed by atoms with Crippen molar-refractivity contribution >= 4 is 42.1 Å². The van der Waals surface area contributed by atoms with Gasteiger partial charge < -0.3 is 11.1 Å². The number of aryl methyl sites for hydroxylation is 2. The molecule has 0 unspecified atom stereocenters. The number of nitrogens with one attached hydrogen (secondary N) is 1. The zero-order chi connectivity index (χ0) is 13.9. The summed E-state index contributed by atoms with van der Waals surface area (Å²) in [5.41, 5.74) is 6.74. The highest BCUT2D eigenvalue weighted by Crippen LogP contribution is 2.18. The first-order chi connectivity index (χ1) is 8.21. The third-order valence-corrected chi connectivity index (χ3v) is 4.00. The van der Waals surface area contributed by atoms with E-state index in [1.54, 1.807) is 11.3 Å². The molecule has 1 amide bonds. The SMILES string of the molecule is Cc1nc(C)c(CCNC(=O)[C@@H](N)C(C)(C)C)s1.Cl.Cl. The quantitative estimate of drug-likeness (QED) is 0.884. The molecule has 0 aliphatic rings. The molecular formula is C13H25Cl2N3OS. The molecule has 0 aliphatic heterocycles. The Morgan fingerprint density at radius 2 is 1.90 bits per heavy atom. The van der Waals surface area contributed by atoms with E-state index < -0.39 is 6.04 Å². The number of thiazole rings is 1. The summed E-state index contributed by atoms with van der Waals surface area (Å²) in [6, 6.07) is -0.471. The lowest BCUT2D eigenvalue weighted by Crippen LogP contribution is -2.48. The topological polar surface area (TPSA) is 68.0 Å². The summed E-state index contributed by atoms with van der Waals surface area (Å²) in [4.78, 5) is 17.4. The maximum atomic E-state index is 11.8. The van der Waals surface area contributed by atoms with Gasteiger partial charge in [0.2, 0.25) is 5.91 Å². The van der Waals surface area contributed by atoms with Crippen molar-refractivity contribution in [2.24, 2.45) is 11.1 Å². The van der Waals surface area contributed by atoms with E-state index in [0.29, 0.717) is 6.54 Å². The zero-order valence-corrected chi connectivity index (χ0v) is 15.1. The Labute approximate surface area is 137 Å². The van der Waals surface area contributed by atoms with Crippen molar-refractivity contribution in [3.63, 3.8) is 0 Å². The highest BCUT2D eigenvalue weighted by Gasteiger charge is 2.26. The lowest BCUT2D eigenvalue weighted by molar-refractivity contribution is -0.124. The molecule has 0 bridgehead atoms. The van der Waals surface area contributed by atoms with E-state index in [1.165, 1.54) is 4.88 Å². The summed E-state index contributed by atoms with van der Waals surface area (Å²) in [6.07, 6.45) is 0.819. The number of amides is 1. The molecule has 0 saturated heterocycles. The zero-order valence-electron chi connectivity index (χ0n) is 12.6. The van der Waals surface area contributed by atoms with Gasteiger partial charge in [-0.1, -0.05) is 20.8 Å². The molecule has 4 nitrogen and oxygen atoms in total. The van der Waals surface area contributed by atoms with Crippen molar-refractivity contribution in [3.05, 3.63) is 15.6 Å².